The minimum Gasteiger partial charge on any atom is -0.295 e. The molecule has 1 aliphatic heterocycles. The lowest BCUT2D eigenvalue weighted by atomic mass is 10.2. The molecule has 0 unspecified atom stereocenters. The van der Waals surface area contributed by atoms with Crippen LogP contribution in [0.25, 0.3) is 0 Å². The van der Waals surface area contributed by atoms with Crippen molar-refractivity contribution < 1.29 is 0 Å². The SMILES string of the molecule is Clc1ccccc1CN1CCN(/N=C/c2ccc(Br)cc2)CC1. The highest BCUT2D eigenvalue weighted by atomic mass is 79.9. The lowest BCUT2D eigenvalue weighted by Gasteiger charge is -2.33. The number of hydrogen-bond donors (Lipinski definition) is 0. The molecule has 1 fully saturated rings. The normalized spacial score (nSPS) is 16.2. The van der Waals surface area contributed by atoms with Gasteiger partial charge in [-0.05, 0) is 29.3 Å². The van der Waals surface area contributed by atoms with Gasteiger partial charge in [0.1, 0.15) is 0 Å². The van der Waals surface area contributed by atoms with Gasteiger partial charge in [0.15, 0.2) is 0 Å². The molecular weight excluding hydrogens is 374 g/mol. The van der Waals surface area contributed by atoms with Gasteiger partial charge in [-0.1, -0.05) is 57.9 Å². The van der Waals surface area contributed by atoms with E-state index in [1.807, 2.05) is 36.5 Å². The standard InChI is InChI=1S/C18H19BrClN3/c19-17-7-5-15(6-8-17)13-21-23-11-9-22(10-12-23)14-16-3-1-2-4-18(16)20/h1-8,13H,9-12,14H2/b21-13+. The fraction of sp³-hybridized carbons (Fsp3) is 0.278. The van der Waals surface area contributed by atoms with Crippen molar-refractivity contribution in [2.45, 2.75) is 6.54 Å². The summed E-state index contributed by atoms with van der Waals surface area (Å²) in [5, 5.41) is 7.56. The molecule has 0 N–H and O–H groups in total. The zero-order valence-corrected chi connectivity index (χ0v) is 15.2. The molecule has 0 aromatic heterocycles. The molecule has 0 radical (unpaired) electrons. The van der Waals surface area contributed by atoms with Crippen LogP contribution < -0.4 is 0 Å². The first-order valence-corrected chi connectivity index (χ1v) is 8.88. The van der Waals surface area contributed by atoms with E-state index in [1.54, 1.807) is 0 Å². The molecule has 23 heavy (non-hydrogen) atoms. The van der Waals surface area contributed by atoms with Gasteiger partial charge in [0.25, 0.3) is 0 Å². The maximum Gasteiger partial charge on any atom is 0.0542 e. The zero-order valence-electron chi connectivity index (χ0n) is 12.8. The molecule has 2 aromatic rings. The average molecular weight is 393 g/mol. The van der Waals surface area contributed by atoms with Crippen molar-refractivity contribution in [2.75, 3.05) is 26.2 Å². The Hall–Kier alpha value is -1.36. The van der Waals surface area contributed by atoms with E-state index in [1.165, 1.54) is 5.56 Å². The molecule has 3 rings (SSSR count). The molecule has 120 valence electrons. The molecule has 1 saturated heterocycles. The van der Waals surface area contributed by atoms with E-state index in [-0.39, 0.29) is 0 Å². The number of halogens is 2. The fourth-order valence-corrected chi connectivity index (χ4v) is 3.04. The summed E-state index contributed by atoms with van der Waals surface area (Å²) < 4.78 is 1.09. The van der Waals surface area contributed by atoms with Gasteiger partial charge in [-0.3, -0.25) is 9.91 Å². The van der Waals surface area contributed by atoms with Gasteiger partial charge < -0.3 is 0 Å². The second-order valence-corrected chi connectivity index (χ2v) is 6.94. The quantitative estimate of drug-likeness (QED) is 0.724. The van der Waals surface area contributed by atoms with Crippen molar-refractivity contribution in [3.8, 4) is 0 Å². The topological polar surface area (TPSA) is 18.8 Å². The van der Waals surface area contributed by atoms with Crippen LogP contribution in [-0.4, -0.2) is 42.3 Å². The highest BCUT2D eigenvalue weighted by Gasteiger charge is 2.16. The monoisotopic (exact) mass is 391 g/mol. The molecular formula is C18H19BrClN3. The Labute approximate surface area is 150 Å². The summed E-state index contributed by atoms with van der Waals surface area (Å²) in [7, 11) is 0. The van der Waals surface area contributed by atoms with Crippen LogP contribution in [0.4, 0.5) is 0 Å². The first kappa shape index (κ1) is 16.5. The van der Waals surface area contributed by atoms with E-state index in [2.05, 4.69) is 49.1 Å². The van der Waals surface area contributed by atoms with E-state index in [0.717, 1.165) is 47.8 Å². The van der Waals surface area contributed by atoms with Gasteiger partial charge in [-0.15, -0.1) is 0 Å². The molecule has 0 aliphatic carbocycles. The van der Waals surface area contributed by atoms with Crippen molar-refractivity contribution in [1.82, 2.24) is 9.91 Å². The van der Waals surface area contributed by atoms with Crippen LogP contribution in [0.5, 0.6) is 0 Å². The Morgan fingerprint density at radius 1 is 1.00 bits per heavy atom. The van der Waals surface area contributed by atoms with E-state index in [9.17, 15) is 0 Å². The highest BCUT2D eigenvalue weighted by Crippen LogP contribution is 2.18. The van der Waals surface area contributed by atoms with Gasteiger partial charge >= 0.3 is 0 Å². The summed E-state index contributed by atoms with van der Waals surface area (Å²) in [6.07, 6.45) is 1.93. The van der Waals surface area contributed by atoms with Crippen molar-refractivity contribution >= 4 is 33.7 Å². The van der Waals surface area contributed by atoms with E-state index < -0.39 is 0 Å². The van der Waals surface area contributed by atoms with E-state index >= 15 is 0 Å². The summed E-state index contributed by atoms with van der Waals surface area (Å²) in [5.74, 6) is 0. The molecule has 0 bridgehead atoms. The predicted octanol–water partition coefficient (Wildman–Crippen LogP) is 4.25. The molecule has 2 aromatic carbocycles. The van der Waals surface area contributed by atoms with Gasteiger partial charge in [0.2, 0.25) is 0 Å². The van der Waals surface area contributed by atoms with Crippen LogP contribution in [0.3, 0.4) is 0 Å². The second kappa shape index (κ2) is 7.95. The zero-order chi connectivity index (χ0) is 16.1. The number of piperazine rings is 1. The van der Waals surface area contributed by atoms with E-state index in [4.69, 9.17) is 11.6 Å². The second-order valence-electron chi connectivity index (χ2n) is 5.62. The van der Waals surface area contributed by atoms with Crippen molar-refractivity contribution in [2.24, 2.45) is 5.10 Å². The van der Waals surface area contributed by atoms with Crippen LogP contribution in [0.15, 0.2) is 58.1 Å². The van der Waals surface area contributed by atoms with Gasteiger partial charge in [-0.2, -0.15) is 5.10 Å². The van der Waals surface area contributed by atoms with Gasteiger partial charge in [-0.25, -0.2) is 0 Å². The van der Waals surface area contributed by atoms with Crippen LogP contribution >= 0.6 is 27.5 Å². The van der Waals surface area contributed by atoms with Crippen LogP contribution in [0.2, 0.25) is 5.02 Å². The summed E-state index contributed by atoms with van der Waals surface area (Å²) >= 11 is 9.68. The Balaban J connectivity index is 1.50. The Morgan fingerprint density at radius 3 is 2.39 bits per heavy atom. The minimum absolute atomic E-state index is 0.850. The molecule has 3 nitrogen and oxygen atoms in total. The Morgan fingerprint density at radius 2 is 1.70 bits per heavy atom. The first-order valence-electron chi connectivity index (χ1n) is 7.71. The van der Waals surface area contributed by atoms with Crippen LogP contribution in [-0.2, 0) is 6.54 Å². The fourth-order valence-electron chi connectivity index (χ4n) is 2.58. The number of benzene rings is 2. The van der Waals surface area contributed by atoms with Crippen molar-refractivity contribution in [3.05, 3.63) is 69.2 Å². The third kappa shape index (κ3) is 4.80. The lowest BCUT2D eigenvalue weighted by Crippen LogP contribution is -2.43. The maximum atomic E-state index is 6.24. The lowest BCUT2D eigenvalue weighted by molar-refractivity contribution is 0.131. The van der Waals surface area contributed by atoms with Crippen LogP contribution in [0, 0.1) is 0 Å². The number of nitrogens with zero attached hydrogens (tertiary/aromatic N) is 3. The molecule has 0 saturated carbocycles. The highest BCUT2D eigenvalue weighted by molar-refractivity contribution is 9.10. The van der Waals surface area contributed by atoms with E-state index in [0.29, 0.717) is 0 Å². The number of rotatable bonds is 4. The first-order chi connectivity index (χ1) is 11.2. The molecule has 0 amide bonds. The molecule has 0 spiro atoms. The minimum atomic E-state index is 0.850. The summed E-state index contributed by atoms with van der Waals surface area (Å²) in [4.78, 5) is 2.42. The molecule has 1 heterocycles. The third-order valence-corrected chi connectivity index (χ3v) is 4.84. The maximum absolute atomic E-state index is 6.24. The molecule has 5 heteroatoms. The van der Waals surface area contributed by atoms with Crippen molar-refractivity contribution in [3.63, 3.8) is 0 Å². The predicted molar refractivity (Wildman–Crippen MR) is 100 cm³/mol. The largest absolute Gasteiger partial charge is 0.295 e. The number of hydrazone groups is 1. The summed E-state index contributed by atoms with van der Waals surface area (Å²) in [6, 6.07) is 16.2. The van der Waals surface area contributed by atoms with Crippen LogP contribution in [0.1, 0.15) is 11.1 Å². The summed E-state index contributed by atoms with van der Waals surface area (Å²) in [6.45, 7) is 4.80. The molecule has 1 aliphatic rings. The summed E-state index contributed by atoms with van der Waals surface area (Å²) in [5.41, 5.74) is 2.31. The number of hydrogen-bond acceptors (Lipinski definition) is 3. The van der Waals surface area contributed by atoms with Gasteiger partial charge in [0, 0.05) is 42.2 Å². The van der Waals surface area contributed by atoms with Crippen molar-refractivity contribution in [1.29, 1.82) is 0 Å². The third-order valence-electron chi connectivity index (χ3n) is 3.94. The molecule has 0 atom stereocenters. The average Bonchev–Trinajstić information content (AvgIpc) is 2.58. The van der Waals surface area contributed by atoms with Gasteiger partial charge in [0.05, 0.1) is 6.21 Å². The Kier molecular flexibility index (Phi) is 5.70. The Bertz CT molecular complexity index is 664. The smallest absolute Gasteiger partial charge is 0.0542 e.